The number of aromatic nitrogens is 3. The van der Waals surface area contributed by atoms with Gasteiger partial charge in [0.25, 0.3) is 5.91 Å². The molecule has 6 nitrogen and oxygen atoms in total. The Labute approximate surface area is 154 Å². The van der Waals surface area contributed by atoms with Gasteiger partial charge >= 0.3 is 0 Å². The molecule has 1 aromatic carbocycles. The summed E-state index contributed by atoms with van der Waals surface area (Å²) < 4.78 is 6.97. The number of benzene rings is 1. The van der Waals surface area contributed by atoms with Crippen LogP contribution in [0, 0.1) is 0 Å². The highest BCUT2D eigenvalue weighted by molar-refractivity contribution is 6.30. The standard InChI is InChI=1S/C19H13ClN4O2/c20-13-8-9-18(21-12-13)22-19(25)16-11-15(17-7-4-10-26-17)23-24(16)14-5-2-1-3-6-14/h1-12H,(H,21,22,25). The molecule has 0 bridgehead atoms. The summed E-state index contributed by atoms with van der Waals surface area (Å²) in [7, 11) is 0. The van der Waals surface area contributed by atoms with Crippen LogP contribution in [0.25, 0.3) is 17.1 Å². The number of halogens is 1. The van der Waals surface area contributed by atoms with Gasteiger partial charge in [-0.3, -0.25) is 4.79 Å². The van der Waals surface area contributed by atoms with Crippen LogP contribution in [0.5, 0.6) is 0 Å². The van der Waals surface area contributed by atoms with E-state index in [2.05, 4.69) is 15.4 Å². The van der Waals surface area contributed by atoms with Gasteiger partial charge in [0.15, 0.2) is 5.76 Å². The monoisotopic (exact) mass is 364 g/mol. The van der Waals surface area contributed by atoms with E-state index in [-0.39, 0.29) is 5.91 Å². The van der Waals surface area contributed by atoms with E-state index in [9.17, 15) is 4.79 Å². The van der Waals surface area contributed by atoms with Crippen LogP contribution >= 0.6 is 11.6 Å². The Hall–Kier alpha value is -3.38. The van der Waals surface area contributed by atoms with Crippen molar-refractivity contribution >= 4 is 23.3 Å². The number of amides is 1. The first-order valence-corrected chi connectivity index (χ1v) is 8.21. The van der Waals surface area contributed by atoms with E-state index >= 15 is 0 Å². The van der Waals surface area contributed by atoms with Crippen molar-refractivity contribution in [2.75, 3.05) is 5.32 Å². The van der Waals surface area contributed by atoms with Crippen LogP contribution in [0.4, 0.5) is 5.82 Å². The quantitative estimate of drug-likeness (QED) is 0.581. The molecule has 0 fully saturated rings. The van der Waals surface area contributed by atoms with Crippen LogP contribution in [-0.2, 0) is 0 Å². The zero-order valence-corrected chi connectivity index (χ0v) is 14.2. The summed E-state index contributed by atoms with van der Waals surface area (Å²) in [5.41, 5.74) is 1.69. The average Bonchev–Trinajstić information content (AvgIpc) is 3.34. The summed E-state index contributed by atoms with van der Waals surface area (Å²) in [6.45, 7) is 0. The first-order chi connectivity index (χ1) is 12.7. The molecule has 0 unspecified atom stereocenters. The molecule has 3 heterocycles. The van der Waals surface area contributed by atoms with E-state index in [0.717, 1.165) is 5.69 Å². The number of furan rings is 1. The second-order valence-electron chi connectivity index (χ2n) is 5.46. The average molecular weight is 365 g/mol. The smallest absolute Gasteiger partial charge is 0.275 e. The lowest BCUT2D eigenvalue weighted by Gasteiger charge is -2.07. The third kappa shape index (κ3) is 3.22. The highest BCUT2D eigenvalue weighted by Crippen LogP contribution is 2.23. The molecule has 4 rings (SSSR count). The lowest BCUT2D eigenvalue weighted by Crippen LogP contribution is -2.17. The van der Waals surface area contributed by atoms with E-state index < -0.39 is 0 Å². The van der Waals surface area contributed by atoms with Gasteiger partial charge in [-0.05, 0) is 36.4 Å². The Morgan fingerprint density at radius 1 is 1.08 bits per heavy atom. The zero-order chi connectivity index (χ0) is 17.9. The maximum absolute atomic E-state index is 12.8. The van der Waals surface area contributed by atoms with Crippen molar-refractivity contribution in [3.05, 3.63) is 83.8 Å². The molecule has 0 saturated heterocycles. The molecular formula is C19H13ClN4O2. The molecule has 0 radical (unpaired) electrons. The molecular weight excluding hydrogens is 352 g/mol. The van der Waals surface area contributed by atoms with Gasteiger partial charge in [0.2, 0.25) is 0 Å². The Kier molecular flexibility index (Phi) is 4.25. The SMILES string of the molecule is O=C(Nc1ccc(Cl)cn1)c1cc(-c2ccco2)nn1-c1ccccc1. The number of nitrogens with one attached hydrogen (secondary N) is 1. The van der Waals surface area contributed by atoms with Crippen molar-refractivity contribution in [3.8, 4) is 17.1 Å². The fraction of sp³-hybridized carbons (Fsp3) is 0. The number of para-hydroxylation sites is 1. The molecule has 0 aliphatic rings. The highest BCUT2D eigenvalue weighted by atomic mass is 35.5. The predicted octanol–water partition coefficient (Wildman–Crippen LogP) is 4.43. The summed E-state index contributed by atoms with van der Waals surface area (Å²) in [6, 6.07) is 17.9. The summed E-state index contributed by atoms with van der Waals surface area (Å²) in [5.74, 6) is 0.645. The van der Waals surface area contributed by atoms with Gasteiger partial charge in [0.1, 0.15) is 17.2 Å². The number of pyridine rings is 1. The minimum atomic E-state index is -0.339. The van der Waals surface area contributed by atoms with Crippen molar-refractivity contribution in [2.24, 2.45) is 0 Å². The Morgan fingerprint density at radius 2 is 1.92 bits per heavy atom. The molecule has 0 spiro atoms. The summed E-state index contributed by atoms with van der Waals surface area (Å²) >= 11 is 5.83. The molecule has 128 valence electrons. The van der Waals surface area contributed by atoms with E-state index in [0.29, 0.717) is 28.0 Å². The fourth-order valence-electron chi connectivity index (χ4n) is 2.48. The van der Waals surface area contributed by atoms with Gasteiger partial charge in [-0.2, -0.15) is 5.10 Å². The molecule has 0 aliphatic heterocycles. The maximum Gasteiger partial charge on any atom is 0.275 e. The normalized spacial score (nSPS) is 10.7. The van der Waals surface area contributed by atoms with Crippen LogP contribution in [-0.4, -0.2) is 20.7 Å². The van der Waals surface area contributed by atoms with Crippen molar-refractivity contribution in [3.63, 3.8) is 0 Å². The lowest BCUT2D eigenvalue weighted by molar-refractivity contribution is 0.101. The van der Waals surface area contributed by atoms with Crippen LogP contribution < -0.4 is 5.32 Å². The largest absolute Gasteiger partial charge is 0.463 e. The van der Waals surface area contributed by atoms with E-state index in [1.165, 1.54) is 6.20 Å². The third-order valence-corrected chi connectivity index (χ3v) is 3.91. The number of carbonyl (C=O) groups is 1. The van der Waals surface area contributed by atoms with E-state index in [1.807, 2.05) is 30.3 Å². The van der Waals surface area contributed by atoms with Gasteiger partial charge in [0.05, 0.1) is 17.0 Å². The van der Waals surface area contributed by atoms with Gasteiger partial charge in [0, 0.05) is 12.3 Å². The first kappa shape index (κ1) is 16.1. The van der Waals surface area contributed by atoms with E-state index in [4.69, 9.17) is 16.0 Å². The Bertz CT molecular complexity index is 1030. The van der Waals surface area contributed by atoms with Crippen LogP contribution in [0.1, 0.15) is 10.5 Å². The summed E-state index contributed by atoms with van der Waals surface area (Å²) in [5, 5.41) is 7.77. The second kappa shape index (κ2) is 6.85. The number of nitrogens with zero attached hydrogens (tertiary/aromatic N) is 3. The highest BCUT2D eigenvalue weighted by Gasteiger charge is 2.19. The molecule has 0 aliphatic carbocycles. The van der Waals surface area contributed by atoms with Crippen molar-refractivity contribution in [2.45, 2.75) is 0 Å². The van der Waals surface area contributed by atoms with Crippen LogP contribution in [0.3, 0.4) is 0 Å². The number of hydrogen-bond acceptors (Lipinski definition) is 4. The van der Waals surface area contributed by atoms with Crippen molar-refractivity contribution in [1.29, 1.82) is 0 Å². The van der Waals surface area contributed by atoms with Crippen molar-refractivity contribution in [1.82, 2.24) is 14.8 Å². The van der Waals surface area contributed by atoms with Crippen molar-refractivity contribution < 1.29 is 9.21 Å². The van der Waals surface area contributed by atoms with E-state index in [1.54, 1.807) is 41.3 Å². The molecule has 3 aromatic heterocycles. The van der Waals surface area contributed by atoms with Gasteiger partial charge in [-0.1, -0.05) is 29.8 Å². The maximum atomic E-state index is 12.8. The van der Waals surface area contributed by atoms with Crippen LogP contribution in [0.2, 0.25) is 5.02 Å². The zero-order valence-electron chi connectivity index (χ0n) is 13.5. The molecule has 1 amide bonds. The lowest BCUT2D eigenvalue weighted by atomic mass is 10.2. The number of carbonyl (C=O) groups excluding carboxylic acids is 1. The molecule has 4 aromatic rings. The number of rotatable bonds is 4. The molecule has 1 N–H and O–H groups in total. The second-order valence-corrected chi connectivity index (χ2v) is 5.89. The Balaban J connectivity index is 1.73. The number of hydrogen-bond donors (Lipinski definition) is 1. The van der Waals surface area contributed by atoms with Crippen LogP contribution in [0.15, 0.2) is 77.5 Å². The summed E-state index contributed by atoms with van der Waals surface area (Å²) in [4.78, 5) is 16.9. The number of anilines is 1. The predicted molar refractivity (Wildman–Crippen MR) is 98.5 cm³/mol. The van der Waals surface area contributed by atoms with Gasteiger partial charge < -0.3 is 9.73 Å². The molecule has 0 saturated carbocycles. The molecule has 7 heteroatoms. The molecule has 0 atom stereocenters. The first-order valence-electron chi connectivity index (χ1n) is 7.83. The third-order valence-electron chi connectivity index (χ3n) is 3.69. The van der Waals surface area contributed by atoms with Gasteiger partial charge in [-0.15, -0.1) is 0 Å². The fourth-order valence-corrected chi connectivity index (χ4v) is 2.60. The summed E-state index contributed by atoms with van der Waals surface area (Å²) in [6.07, 6.45) is 3.04. The van der Waals surface area contributed by atoms with Gasteiger partial charge in [-0.25, -0.2) is 9.67 Å². The topological polar surface area (TPSA) is 73.0 Å². The minimum Gasteiger partial charge on any atom is -0.463 e. The molecule has 26 heavy (non-hydrogen) atoms. The Morgan fingerprint density at radius 3 is 2.62 bits per heavy atom. The minimum absolute atomic E-state index is 0.339.